The number of hydrogen-bond acceptors (Lipinski definition) is 8. The van der Waals surface area contributed by atoms with Crippen LogP contribution in [0.2, 0.25) is 0 Å². The number of methoxy groups -OCH3 is 2. The molecule has 0 amide bonds. The van der Waals surface area contributed by atoms with Gasteiger partial charge in [0, 0.05) is 5.56 Å². The average Bonchev–Trinajstić information content (AvgIpc) is 2.74. The topological polar surface area (TPSA) is 89.0 Å². The molecule has 1 unspecified atom stereocenters. The second-order valence-corrected chi connectivity index (χ2v) is 5.73. The summed E-state index contributed by atoms with van der Waals surface area (Å²) in [6, 6.07) is 15.6. The van der Waals surface area contributed by atoms with Gasteiger partial charge in [-0.3, -0.25) is 0 Å². The SMILES string of the molecule is COc1cc(OC)nc(Oc2cccc3c2C(=O)OC(c2ccccc2)O3)n1. The molecule has 28 heavy (non-hydrogen) atoms. The minimum atomic E-state index is -0.829. The van der Waals surface area contributed by atoms with Crippen LogP contribution >= 0.6 is 0 Å². The first-order valence-corrected chi connectivity index (χ1v) is 8.38. The molecule has 0 radical (unpaired) electrons. The first kappa shape index (κ1) is 17.6. The summed E-state index contributed by atoms with van der Waals surface area (Å²) in [6.07, 6.45) is -0.829. The van der Waals surface area contributed by atoms with Gasteiger partial charge < -0.3 is 23.7 Å². The standard InChI is InChI=1S/C20H16N2O6/c1-24-15-11-16(25-2)22-20(21-15)27-14-10-6-9-13-17(14)18(23)28-19(26-13)12-7-4-3-5-8-12/h3-11,19H,1-2H3. The Labute approximate surface area is 160 Å². The molecule has 0 spiro atoms. The van der Waals surface area contributed by atoms with Gasteiger partial charge in [-0.2, -0.15) is 9.97 Å². The second kappa shape index (κ2) is 7.43. The zero-order valence-corrected chi connectivity index (χ0v) is 15.1. The molecule has 3 aromatic rings. The molecule has 1 aromatic heterocycles. The van der Waals surface area contributed by atoms with E-state index in [4.69, 9.17) is 23.7 Å². The molecular formula is C20H16N2O6. The molecule has 1 atom stereocenters. The van der Waals surface area contributed by atoms with Gasteiger partial charge in [-0.1, -0.05) is 36.4 Å². The number of carbonyl (C=O) groups excluding carboxylic acids is 1. The van der Waals surface area contributed by atoms with Crippen LogP contribution in [0.5, 0.6) is 29.3 Å². The van der Waals surface area contributed by atoms with Gasteiger partial charge >= 0.3 is 12.0 Å². The van der Waals surface area contributed by atoms with Crippen molar-refractivity contribution < 1.29 is 28.5 Å². The first-order chi connectivity index (χ1) is 13.7. The van der Waals surface area contributed by atoms with Crippen molar-refractivity contribution in [1.82, 2.24) is 9.97 Å². The van der Waals surface area contributed by atoms with E-state index in [-0.39, 0.29) is 29.1 Å². The first-order valence-electron chi connectivity index (χ1n) is 8.38. The Morgan fingerprint density at radius 1 is 0.893 bits per heavy atom. The van der Waals surface area contributed by atoms with Crippen LogP contribution in [0.4, 0.5) is 0 Å². The zero-order chi connectivity index (χ0) is 19.5. The fourth-order valence-electron chi connectivity index (χ4n) is 2.67. The van der Waals surface area contributed by atoms with Gasteiger partial charge in [0.1, 0.15) is 17.1 Å². The fraction of sp³-hybridized carbons (Fsp3) is 0.150. The van der Waals surface area contributed by atoms with Crippen LogP contribution in [0, 0.1) is 0 Å². The number of aromatic nitrogens is 2. The van der Waals surface area contributed by atoms with E-state index in [1.807, 2.05) is 30.3 Å². The summed E-state index contributed by atoms with van der Waals surface area (Å²) in [5, 5.41) is 0. The summed E-state index contributed by atoms with van der Waals surface area (Å²) < 4.78 is 27.2. The quantitative estimate of drug-likeness (QED) is 0.621. The molecule has 0 saturated heterocycles. The number of rotatable bonds is 5. The molecule has 2 aromatic carbocycles. The summed E-state index contributed by atoms with van der Waals surface area (Å²) >= 11 is 0. The molecule has 1 aliphatic heterocycles. The Bertz CT molecular complexity index is 987. The maximum atomic E-state index is 12.7. The number of nitrogens with zero attached hydrogens (tertiary/aromatic N) is 2. The highest BCUT2D eigenvalue weighted by Crippen LogP contribution is 2.39. The van der Waals surface area contributed by atoms with Gasteiger partial charge in [0.15, 0.2) is 0 Å². The van der Waals surface area contributed by atoms with Crippen LogP contribution in [-0.2, 0) is 4.74 Å². The van der Waals surface area contributed by atoms with E-state index in [2.05, 4.69) is 9.97 Å². The monoisotopic (exact) mass is 380 g/mol. The maximum absolute atomic E-state index is 12.7. The van der Waals surface area contributed by atoms with Gasteiger partial charge in [0.2, 0.25) is 11.8 Å². The van der Waals surface area contributed by atoms with Crippen LogP contribution in [0.1, 0.15) is 22.2 Å². The van der Waals surface area contributed by atoms with E-state index in [0.29, 0.717) is 5.75 Å². The van der Waals surface area contributed by atoms with E-state index in [1.54, 1.807) is 18.2 Å². The fourth-order valence-corrected chi connectivity index (χ4v) is 2.67. The van der Waals surface area contributed by atoms with Crippen LogP contribution in [0.3, 0.4) is 0 Å². The highest BCUT2D eigenvalue weighted by atomic mass is 16.7. The lowest BCUT2D eigenvalue weighted by Gasteiger charge is -2.26. The lowest BCUT2D eigenvalue weighted by Crippen LogP contribution is -2.23. The van der Waals surface area contributed by atoms with E-state index >= 15 is 0 Å². The largest absolute Gasteiger partial charge is 0.481 e. The lowest BCUT2D eigenvalue weighted by atomic mass is 10.1. The Balaban J connectivity index is 1.66. The van der Waals surface area contributed by atoms with Gasteiger partial charge in [-0.15, -0.1) is 0 Å². The molecule has 4 rings (SSSR count). The zero-order valence-electron chi connectivity index (χ0n) is 15.1. The van der Waals surface area contributed by atoms with Crippen LogP contribution in [0.15, 0.2) is 54.6 Å². The molecule has 0 bridgehead atoms. The third-order valence-electron chi connectivity index (χ3n) is 3.99. The minimum Gasteiger partial charge on any atom is -0.481 e. The normalized spacial score (nSPS) is 15.1. The van der Waals surface area contributed by atoms with E-state index in [9.17, 15) is 4.79 Å². The van der Waals surface area contributed by atoms with Crippen LogP contribution in [0.25, 0.3) is 0 Å². The van der Waals surface area contributed by atoms with Gasteiger partial charge in [0.05, 0.1) is 20.3 Å². The molecule has 0 N–H and O–H groups in total. The lowest BCUT2D eigenvalue weighted by molar-refractivity contribution is -0.0627. The average molecular weight is 380 g/mol. The third-order valence-corrected chi connectivity index (χ3v) is 3.99. The minimum absolute atomic E-state index is 0.0393. The number of fused-ring (bicyclic) bond motifs is 1. The maximum Gasteiger partial charge on any atom is 0.349 e. The molecule has 0 saturated carbocycles. The molecule has 0 fully saturated rings. The van der Waals surface area contributed by atoms with Gasteiger partial charge in [-0.05, 0) is 12.1 Å². The number of cyclic esters (lactones) is 1. The molecule has 1 aliphatic rings. The predicted octanol–water partition coefficient (Wildman–Crippen LogP) is 3.53. The Morgan fingerprint density at radius 2 is 1.61 bits per heavy atom. The number of ether oxygens (including phenoxy) is 5. The summed E-state index contributed by atoms with van der Waals surface area (Å²) in [4.78, 5) is 20.9. The van der Waals surface area contributed by atoms with Crippen LogP contribution < -0.4 is 18.9 Å². The number of esters is 1. The molecule has 142 valence electrons. The van der Waals surface area contributed by atoms with Crippen molar-refractivity contribution in [3.63, 3.8) is 0 Å². The number of hydrogen-bond donors (Lipinski definition) is 0. The predicted molar refractivity (Wildman–Crippen MR) is 96.9 cm³/mol. The summed E-state index contributed by atoms with van der Waals surface area (Å²) in [5.74, 6) is 0.492. The highest BCUT2D eigenvalue weighted by Gasteiger charge is 2.32. The number of benzene rings is 2. The Hall–Kier alpha value is -3.81. The van der Waals surface area contributed by atoms with Crippen molar-refractivity contribution in [2.45, 2.75) is 6.29 Å². The van der Waals surface area contributed by atoms with Crippen LogP contribution in [-0.4, -0.2) is 30.2 Å². The van der Waals surface area contributed by atoms with Gasteiger partial charge in [0.25, 0.3) is 6.29 Å². The van der Waals surface area contributed by atoms with Crippen molar-refractivity contribution in [2.24, 2.45) is 0 Å². The summed E-state index contributed by atoms with van der Waals surface area (Å²) in [7, 11) is 2.93. The van der Waals surface area contributed by atoms with Gasteiger partial charge in [-0.25, -0.2) is 4.79 Å². The molecule has 0 aliphatic carbocycles. The number of carbonyl (C=O) groups is 1. The molecular weight excluding hydrogens is 364 g/mol. The highest BCUT2D eigenvalue weighted by molar-refractivity contribution is 5.96. The summed E-state index contributed by atoms with van der Waals surface area (Å²) in [6.45, 7) is 0. The second-order valence-electron chi connectivity index (χ2n) is 5.73. The Kier molecular flexibility index (Phi) is 4.67. The summed E-state index contributed by atoms with van der Waals surface area (Å²) in [5.41, 5.74) is 0.883. The molecule has 8 heteroatoms. The smallest absolute Gasteiger partial charge is 0.349 e. The van der Waals surface area contributed by atoms with E-state index in [1.165, 1.54) is 20.3 Å². The van der Waals surface area contributed by atoms with Crippen molar-refractivity contribution in [3.8, 4) is 29.3 Å². The Morgan fingerprint density at radius 3 is 2.29 bits per heavy atom. The van der Waals surface area contributed by atoms with Crippen molar-refractivity contribution in [3.05, 3.63) is 65.7 Å². The molecule has 8 nitrogen and oxygen atoms in total. The van der Waals surface area contributed by atoms with Crippen molar-refractivity contribution >= 4 is 5.97 Å². The van der Waals surface area contributed by atoms with E-state index in [0.717, 1.165) is 5.56 Å². The molecule has 2 heterocycles. The third kappa shape index (κ3) is 3.39. The van der Waals surface area contributed by atoms with Crippen molar-refractivity contribution in [1.29, 1.82) is 0 Å². The van der Waals surface area contributed by atoms with Crippen molar-refractivity contribution in [2.75, 3.05) is 14.2 Å². The van der Waals surface area contributed by atoms with E-state index < -0.39 is 12.3 Å².